The van der Waals surface area contributed by atoms with E-state index in [0.29, 0.717) is 12.1 Å². The van der Waals surface area contributed by atoms with E-state index in [9.17, 15) is 9.90 Å². The predicted octanol–water partition coefficient (Wildman–Crippen LogP) is 0.787. The summed E-state index contributed by atoms with van der Waals surface area (Å²) in [5, 5.41) is 13.4. The van der Waals surface area contributed by atoms with E-state index in [-0.39, 0.29) is 5.91 Å². The third-order valence-electron chi connectivity index (χ3n) is 2.54. The number of carbonyl (C=O) groups excluding carboxylic acids is 1. The maximum Gasteiger partial charge on any atom is 0.257 e. The van der Waals surface area contributed by atoms with Gasteiger partial charge in [0.25, 0.3) is 5.91 Å². The molecule has 2 heterocycles. The second-order valence-electron chi connectivity index (χ2n) is 4.12. The molecule has 5 heteroatoms. The minimum atomic E-state index is -0.536. The van der Waals surface area contributed by atoms with Gasteiger partial charge in [-0.05, 0) is 19.1 Å². The predicted molar refractivity (Wildman–Crippen MR) is 63.8 cm³/mol. The Morgan fingerprint density at radius 1 is 1.59 bits per heavy atom. The van der Waals surface area contributed by atoms with E-state index in [1.807, 2.05) is 18.2 Å². The minimum absolute atomic E-state index is 0.132. The smallest absolute Gasteiger partial charge is 0.257 e. The third kappa shape index (κ3) is 2.29. The normalized spacial score (nSPS) is 12.6. The lowest BCUT2D eigenvalue weighted by atomic mass is 10.2. The van der Waals surface area contributed by atoms with E-state index in [1.165, 1.54) is 4.90 Å². The molecule has 1 amide bonds. The Morgan fingerprint density at radius 3 is 3.06 bits per heavy atom. The summed E-state index contributed by atoms with van der Waals surface area (Å²) in [4.78, 5) is 13.6. The maximum absolute atomic E-state index is 12.1. The molecular weight excluding hydrogens is 218 g/mol. The van der Waals surface area contributed by atoms with Crippen LogP contribution in [0.3, 0.4) is 0 Å². The molecule has 90 valence electrons. The summed E-state index contributed by atoms with van der Waals surface area (Å²) in [7, 11) is 1.67. The van der Waals surface area contributed by atoms with Crippen LogP contribution >= 0.6 is 0 Å². The molecule has 0 aliphatic carbocycles. The first-order valence-electron chi connectivity index (χ1n) is 5.45. The quantitative estimate of drug-likeness (QED) is 0.852. The average molecular weight is 233 g/mol. The second kappa shape index (κ2) is 4.55. The van der Waals surface area contributed by atoms with E-state index in [4.69, 9.17) is 0 Å². The lowest BCUT2D eigenvalue weighted by molar-refractivity contribution is 0.0705. The van der Waals surface area contributed by atoms with Gasteiger partial charge in [0.1, 0.15) is 0 Å². The molecule has 0 saturated heterocycles. The van der Waals surface area contributed by atoms with E-state index in [0.717, 1.165) is 5.52 Å². The zero-order chi connectivity index (χ0) is 12.4. The maximum atomic E-state index is 12.1. The average Bonchev–Trinajstić information content (AvgIpc) is 2.70. The van der Waals surface area contributed by atoms with Gasteiger partial charge in [-0.15, -0.1) is 0 Å². The minimum Gasteiger partial charge on any atom is -0.392 e. The van der Waals surface area contributed by atoms with Gasteiger partial charge in [0.05, 0.1) is 23.4 Å². The monoisotopic (exact) mass is 233 g/mol. The van der Waals surface area contributed by atoms with E-state index in [2.05, 4.69) is 5.10 Å². The van der Waals surface area contributed by atoms with Crippen molar-refractivity contribution in [3.8, 4) is 0 Å². The fraction of sp³-hybridized carbons (Fsp3) is 0.333. The number of hydrogen-bond acceptors (Lipinski definition) is 3. The highest BCUT2D eigenvalue weighted by molar-refractivity contribution is 6.00. The number of likely N-dealkylation sites (N-methyl/N-ethyl adjacent to an activating group) is 1. The SMILES string of the molecule is CC(O)CN(C)C(=O)c1cnn2ccccc12. The van der Waals surface area contributed by atoms with Gasteiger partial charge in [-0.1, -0.05) is 6.07 Å². The van der Waals surface area contributed by atoms with Gasteiger partial charge in [-0.2, -0.15) is 5.10 Å². The largest absolute Gasteiger partial charge is 0.392 e. The molecule has 2 aromatic rings. The van der Waals surface area contributed by atoms with E-state index >= 15 is 0 Å². The number of aliphatic hydroxyl groups is 1. The van der Waals surface area contributed by atoms with Crippen LogP contribution < -0.4 is 0 Å². The number of aromatic nitrogens is 2. The molecule has 1 atom stereocenters. The van der Waals surface area contributed by atoms with Crippen molar-refractivity contribution in [2.75, 3.05) is 13.6 Å². The van der Waals surface area contributed by atoms with Gasteiger partial charge in [0.2, 0.25) is 0 Å². The fourth-order valence-electron chi connectivity index (χ4n) is 1.78. The van der Waals surface area contributed by atoms with E-state index < -0.39 is 6.10 Å². The number of pyridine rings is 1. The van der Waals surface area contributed by atoms with Crippen LogP contribution in [-0.4, -0.2) is 45.2 Å². The molecule has 2 aromatic heterocycles. The van der Waals surface area contributed by atoms with Gasteiger partial charge >= 0.3 is 0 Å². The van der Waals surface area contributed by atoms with E-state index in [1.54, 1.807) is 30.9 Å². The Labute approximate surface area is 99.3 Å². The standard InChI is InChI=1S/C12H15N3O2/c1-9(16)8-14(2)12(17)10-7-13-15-6-4-3-5-11(10)15/h3-7,9,16H,8H2,1-2H3. The van der Waals surface area contributed by atoms with Crippen molar-refractivity contribution in [1.82, 2.24) is 14.5 Å². The molecular formula is C12H15N3O2. The summed E-state index contributed by atoms with van der Waals surface area (Å²) in [5.74, 6) is -0.132. The van der Waals surface area contributed by atoms with Crippen LogP contribution in [0.15, 0.2) is 30.6 Å². The highest BCUT2D eigenvalue weighted by atomic mass is 16.3. The first kappa shape index (κ1) is 11.6. The van der Waals surface area contributed by atoms with Gasteiger partial charge in [0.15, 0.2) is 0 Å². The Bertz CT molecular complexity index is 533. The summed E-state index contributed by atoms with van der Waals surface area (Å²) >= 11 is 0. The van der Waals surface area contributed by atoms with Gasteiger partial charge < -0.3 is 10.0 Å². The van der Waals surface area contributed by atoms with Gasteiger partial charge in [-0.3, -0.25) is 4.79 Å². The zero-order valence-electron chi connectivity index (χ0n) is 9.87. The molecule has 5 nitrogen and oxygen atoms in total. The Kier molecular flexibility index (Phi) is 3.10. The van der Waals surface area contributed by atoms with Crippen LogP contribution in [0.5, 0.6) is 0 Å². The molecule has 1 unspecified atom stereocenters. The number of nitrogens with zero attached hydrogens (tertiary/aromatic N) is 3. The summed E-state index contributed by atoms with van der Waals surface area (Å²) in [6.07, 6.45) is 2.81. The van der Waals surface area contributed by atoms with Crippen LogP contribution in [0.4, 0.5) is 0 Å². The second-order valence-corrected chi connectivity index (χ2v) is 4.12. The zero-order valence-corrected chi connectivity index (χ0v) is 9.87. The molecule has 0 aromatic carbocycles. The van der Waals surface area contributed by atoms with Crippen molar-refractivity contribution < 1.29 is 9.90 Å². The van der Waals surface area contributed by atoms with Crippen LogP contribution in [0.25, 0.3) is 5.52 Å². The van der Waals surface area contributed by atoms with Crippen molar-refractivity contribution >= 4 is 11.4 Å². The molecule has 0 saturated carbocycles. The Morgan fingerprint density at radius 2 is 2.35 bits per heavy atom. The molecule has 0 radical (unpaired) electrons. The van der Waals surface area contributed by atoms with Crippen molar-refractivity contribution in [3.05, 3.63) is 36.2 Å². The van der Waals surface area contributed by atoms with Crippen LogP contribution in [0.2, 0.25) is 0 Å². The fourth-order valence-corrected chi connectivity index (χ4v) is 1.78. The number of fused-ring (bicyclic) bond motifs is 1. The lowest BCUT2D eigenvalue weighted by Gasteiger charge is -2.18. The first-order valence-corrected chi connectivity index (χ1v) is 5.45. The number of hydrogen-bond donors (Lipinski definition) is 1. The van der Waals surface area contributed by atoms with Crippen molar-refractivity contribution in [3.63, 3.8) is 0 Å². The molecule has 17 heavy (non-hydrogen) atoms. The van der Waals surface area contributed by atoms with Crippen molar-refractivity contribution in [1.29, 1.82) is 0 Å². The Hall–Kier alpha value is -1.88. The van der Waals surface area contributed by atoms with Crippen molar-refractivity contribution in [2.45, 2.75) is 13.0 Å². The molecule has 1 N–H and O–H groups in total. The Balaban J connectivity index is 2.30. The third-order valence-corrected chi connectivity index (χ3v) is 2.54. The summed E-state index contributed by atoms with van der Waals surface area (Å²) in [6.45, 7) is 1.96. The number of carbonyl (C=O) groups is 1. The topological polar surface area (TPSA) is 57.8 Å². The molecule has 0 fully saturated rings. The molecule has 0 aliphatic heterocycles. The van der Waals surface area contributed by atoms with Gasteiger partial charge in [0, 0.05) is 19.8 Å². The van der Waals surface area contributed by atoms with Gasteiger partial charge in [-0.25, -0.2) is 4.52 Å². The lowest BCUT2D eigenvalue weighted by Crippen LogP contribution is -2.32. The number of rotatable bonds is 3. The highest BCUT2D eigenvalue weighted by Crippen LogP contribution is 2.12. The molecule has 0 spiro atoms. The first-order chi connectivity index (χ1) is 8.09. The summed E-state index contributed by atoms with van der Waals surface area (Å²) < 4.78 is 1.66. The van der Waals surface area contributed by atoms with Crippen LogP contribution in [-0.2, 0) is 0 Å². The van der Waals surface area contributed by atoms with Crippen LogP contribution in [0.1, 0.15) is 17.3 Å². The molecule has 0 bridgehead atoms. The number of aliphatic hydroxyl groups excluding tert-OH is 1. The number of amides is 1. The molecule has 2 rings (SSSR count). The summed E-state index contributed by atoms with van der Waals surface area (Å²) in [5.41, 5.74) is 1.32. The van der Waals surface area contributed by atoms with Crippen LogP contribution in [0, 0.1) is 0 Å². The summed E-state index contributed by atoms with van der Waals surface area (Å²) in [6, 6.07) is 5.56. The highest BCUT2D eigenvalue weighted by Gasteiger charge is 2.17. The van der Waals surface area contributed by atoms with Crippen molar-refractivity contribution in [2.24, 2.45) is 0 Å². The molecule has 0 aliphatic rings.